The van der Waals surface area contributed by atoms with E-state index < -0.39 is 10.0 Å². The first-order valence-corrected chi connectivity index (χ1v) is 9.93. The van der Waals surface area contributed by atoms with Crippen LogP contribution in [0.15, 0.2) is 59.5 Å². The fourth-order valence-electron chi connectivity index (χ4n) is 2.94. The first-order valence-electron chi connectivity index (χ1n) is 8.45. The maximum Gasteiger partial charge on any atom is 0.263 e. The monoisotopic (exact) mass is 382 g/mol. The minimum absolute atomic E-state index is 0.135. The minimum atomic E-state index is -3.79. The number of hydrogen-bond acceptors (Lipinski definition) is 5. The quantitative estimate of drug-likeness (QED) is 0.572. The first kappa shape index (κ1) is 17.3. The summed E-state index contributed by atoms with van der Waals surface area (Å²) in [7, 11) is -2.26. The van der Waals surface area contributed by atoms with E-state index in [-0.39, 0.29) is 10.7 Å². The molecular weight excluding hydrogens is 364 g/mol. The third-order valence-electron chi connectivity index (χ3n) is 4.32. The fourth-order valence-corrected chi connectivity index (χ4v) is 3.95. The number of sulfonamides is 1. The number of para-hydroxylation sites is 1. The van der Waals surface area contributed by atoms with E-state index in [1.54, 1.807) is 16.8 Å². The highest BCUT2D eigenvalue weighted by atomic mass is 32.2. The molecule has 0 aliphatic carbocycles. The molecule has 1 N–H and O–H groups in total. The van der Waals surface area contributed by atoms with E-state index in [2.05, 4.69) is 14.8 Å². The third-order valence-corrected chi connectivity index (χ3v) is 5.68. The lowest BCUT2D eigenvalue weighted by Gasteiger charge is -2.07. The number of hydrogen-bond donors (Lipinski definition) is 1. The normalized spacial score (nSPS) is 11.8. The van der Waals surface area contributed by atoms with Gasteiger partial charge in [0, 0.05) is 11.9 Å². The maximum absolute atomic E-state index is 12.8. The molecule has 0 aliphatic rings. The van der Waals surface area contributed by atoms with Crippen molar-refractivity contribution in [3.8, 4) is 5.75 Å². The molecule has 0 bridgehead atoms. The molecule has 0 amide bonds. The molecule has 0 atom stereocenters. The van der Waals surface area contributed by atoms with Gasteiger partial charge in [0.2, 0.25) is 0 Å². The lowest BCUT2D eigenvalue weighted by Crippen LogP contribution is -2.13. The number of fused-ring (bicyclic) bond motifs is 2. The van der Waals surface area contributed by atoms with E-state index >= 15 is 0 Å². The second-order valence-corrected chi connectivity index (χ2v) is 7.68. The Morgan fingerprint density at radius 3 is 2.56 bits per heavy atom. The molecule has 2 heterocycles. The van der Waals surface area contributed by atoms with Crippen molar-refractivity contribution in [2.24, 2.45) is 0 Å². The smallest absolute Gasteiger partial charge is 0.263 e. The van der Waals surface area contributed by atoms with Crippen LogP contribution in [0.4, 0.5) is 5.82 Å². The molecule has 4 aromatic rings. The third kappa shape index (κ3) is 3.08. The molecule has 0 radical (unpaired) electrons. The Kier molecular flexibility index (Phi) is 4.19. The minimum Gasteiger partial charge on any atom is -0.497 e. The average molecular weight is 382 g/mol. The number of nitrogens with zero attached hydrogens (tertiary/aromatic N) is 3. The van der Waals surface area contributed by atoms with Gasteiger partial charge in [-0.25, -0.2) is 18.1 Å². The molecule has 4 rings (SSSR count). The van der Waals surface area contributed by atoms with Crippen molar-refractivity contribution in [1.29, 1.82) is 0 Å². The molecule has 0 saturated heterocycles. The lowest BCUT2D eigenvalue weighted by molar-refractivity contribution is 0.414. The summed E-state index contributed by atoms with van der Waals surface area (Å²) in [5.41, 5.74) is 1.48. The van der Waals surface area contributed by atoms with Crippen molar-refractivity contribution in [2.75, 3.05) is 11.8 Å². The number of anilines is 1. The van der Waals surface area contributed by atoms with Crippen molar-refractivity contribution >= 4 is 37.8 Å². The van der Waals surface area contributed by atoms with Crippen LogP contribution in [-0.4, -0.2) is 30.3 Å². The molecule has 0 unspecified atom stereocenters. The van der Waals surface area contributed by atoms with Crippen LogP contribution in [0.1, 0.15) is 6.92 Å². The number of ether oxygens (including phenoxy) is 1. The highest BCUT2D eigenvalue weighted by Gasteiger charge is 2.20. The SMILES string of the molecule is CCn1nc(NS(=O)(=O)c2ccc(OC)cc2)c2cc3ccccc3nc21. The zero-order valence-corrected chi connectivity index (χ0v) is 15.7. The summed E-state index contributed by atoms with van der Waals surface area (Å²) in [5.74, 6) is 0.853. The summed E-state index contributed by atoms with van der Waals surface area (Å²) < 4.78 is 34.9. The van der Waals surface area contributed by atoms with Gasteiger partial charge in [0.15, 0.2) is 11.5 Å². The Bertz CT molecular complexity index is 1230. The zero-order valence-electron chi connectivity index (χ0n) is 14.9. The van der Waals surface area contributed by atoms with Gasteiger partial charge in [-0.05, 0) is 43.3 Å². The molecule has 0 spiro atoms. The zero-order chi connectivity index (χ0) is 19.0. The van der Waals surface area contributed by atoms with Crippen LogP contribution in [0, 0.1) is 0 Å². The van der Waals surface area contributed by atoms with Crippen molar-refractivity contribution in [3.63, 3.8) is 0 Å². The van der Waals surface area contributed by atoms with Crippen molar-refractivity contribution in [3.05, 3.63) is 54.6 Å². The van der Waals surface area contributed by atoms with Gasteiger partial charge in [0.1, 0.15) is 5.75 Å². The summed E-state index contributed by atoms with van der Waals surface area (Å²) >= 11 is 0. The van der Waals surface area contributed by atoms with Crippen LogP contribution in [0.2, 0.25) is 0 Å². The largest absolute Gasteiger partial charge is 0.497 e. The molecule has 0 saturated carbocycles. The predicted octanol–water partition coefficient (Wildman–Crippen LogP) is 3.41. The molecule has 27 heavy (non-hydrogen) atoms. The Hall–Kier alpha value is -3.13. The van der Waals surface area contributed by atoms with E-state index in [0.717, 1.165) is 10.9 Å². The van der Waals surface area contributed by atoms with Crippen molar-refractivity contribution in [1.82, 2.24) is 14.8 Å². The number of aryl methyl sites for hydroxylation is 1. The van der Waals surface area contributed by atoms with E-state index in [1.807, 2.05) is 37.3 Å². The first-order chi connectivity index (χ1) is 13.0. The van der Waals surface area contributed by atoms with E-state index in [4.69, 9.17) is 4.74 Å². The molecule has 0 aliphatic heterocycles. The van der Waals surface area contributed by atoms with Crippen LogP contribution in [0.25, 0.3) is 21.9 Å². The molecule has 7 nitrogen and oxygen atoms in total. The topological polar surface area (TPSA) is 86.1 Å². The predicted molar refractivity (Wildman–Crippen MR) is 105 cm³/mol. The average Bonchev–Trinajstić information content (AvgIpc) is 3.02. The van der Waals surface area contributed by atoms with E-state index in [0.29, 0.717) is 23.3 Å². The molecule has 138 valence electrons. The highest BCUT2D eigenvalue weighted by Crippen LogP contribution is 2.28. The van der Waals surface area contributed by atoms with E-state index in [9.17, 15) is 8.42 Å². The Balaban J connectivity index is 1.81. The Morgan fingerprint density at radius 2 is 1.85 bits per heavy atom. The van der Waals surface area contributed by atoms with Crippen molar-refractivity contribution < 1.29 is 13.2 Å². The van der Waals surface area contributed by atoms with Gasteiger partial charge < -0.3 is 4.74 Å². The number of benzene rings is 2. The molecule has 8 heteroatoms. The van der Waals surface area contributed by atoms with Gasteiger partial charge >= 0.3 is 0 Å². The maximum atomic E-state index is 12.8. The summed E-state index contributed by atoms with van der Waals surface area (Å²) in [4.78, 5) is 4.78. The highest BCUT2D eigenvalue weighted by molar-refractivity contribution is 7.92. The molecule has 2 aromatic heterocycles. The van der Waals surface area contributed by atoms with Gasteiger partial charge in [0.25, 0.3) is 10.0 Å². The summed E-state index contributed by atoms with van der Waals surface area (Å²) in [6, 6.07) is 15.8. The standard InChI is InChI=1S/C19H18N4O3S/c1-3-23-19-16(12-13-6-4-5-7-17(13)20-19)18(21-23)22-27(24,25)15-10-8-14(26-2)9-11-15/h4-12H,3H2,1-2H3,(H,21,22). The number of pyridine rings is 1. The second-order valence-electron chi connectivity index (χ2n) is 6.00. The number of nitrogens with one attached hydrogen (secondary N) is 1. The van der Waals surface area contributed by atoms with Gasteiger partial charge in [-0.15, -0.1) is 0 Å². The van der Waals surface area contributed by atoms with Crippen LogP contribution < -0.4 is 9.46 Å². The van der Waals surface area contributed by atoms with Crippen molar-refractivity contribution in [2.45, 2.75) is 18.4 Å². The Labute approximate surface area is 156 Å². The molecule has 0 fully saturated rings. The lowest BCUT2D eigenvalue weighted by atomic mass is 10.2. The fraction of sp³-hybridized carbons (Fsp3) is 0.158. The molecule has 2 aromatic carbocycles. The van der Waals surface area contributed by atoms with Crippen LogP contribution >= 0.6 is 0 Å². The Morgan fingerprint density at radius 1 is 1.11 bits per heavy atom. The van der Waals surface area contributed by atoms with Gasteiger partial charge in [-0.1, -0.05) is 18.2 Å². The summed E-state index contributed by atoms with van der Waals surface area (Å²) in [6.07, 6.45) is 0. The number of methoxy groups -OCH3 is 1. The number of rotatable bonds is 5. The van der Waals surface area contributed by atoms with Crippen LogP contribution in [0.5, 0.6) is 5.75 Å². The molecular formula is C19H18N4O3S. The number of aromatic nitrogens is 3. The van der Waals surface area contributed by atoms with Crippen LogP contribution in [-0.2, 0) is 16.6 Å². The van der Waals surface area contributed by atoms with Gasteiger partial charge in [-0.2, -0.15) is 5.10 Å². The van der Waals surface area contributed by atoms with E-state index in [1.165, 1.54) is 19.2 Å². The van der Waals surface area contributed by atoms with Gasteiger partial charge in [0.05, 0.1) is 22.9 Å². The summed E-state index contributed by atoms with van der Waals surface area (Å²) in [5, 5.41) is 6.00. The van der Waals surface area contributed by atoms with Gasteiger partial charge in [-0.3, -0.25) is 4.72 Å². The second kappa shape index (κ2) is 6.55. The summed E-state index contributed by atoms with van der Waals surface area (Å²) in [6.45, 7) is 2.51. The van der Waals surface area contributed by atoms with Crippen LogP contribution in [0.3, 0.4) is 0 Å².